The summed E-state index contributed by atoms with van der Waals surface area (Å²) in [5.41, 5.74) is 9.79. The minimum absolute atomic E-state index is 0.0687. The number of rotatable bonds is 4. The van der Waals surface area contributed by atoms with E-state index in [0.717, 1.165) is 16.8 Å². The van der Waals surface area contributed by atoms with Gasteiger partial charge in [0.25, 0.3) is 0 Å². The van der Waals surface area contributed by atoms with Crippen LogP contribution in [0.4, 0.5) is 29.2 Å². The lowest BCUT2D eigenvalue weighted by Gasteiger charge is -2.12. The molecule has 8 heteroatoms. The van der Waals surface area contributed by atoms with E-state index in [1.807, 2.05) is 26.0 Å². The molecule has 0 unspecified atom stereocenters. The molecule has 0 bridgehead atoms. The van der Waals surface area contributed by atoms with Gasteiger partial charge in [-0.25, -0.2) is 0 Å². The smallest absolute Gasteiger partial charge is 0.233 e. The summed E-state index contributed by atoms with van der Waals surface area (Å²) in [5.74, 6) is 0.630. The molecule has 0 saturated heterocycles. The number of hydrogen-bond donors (Lipinski definition) is 3. The molecular weight excluding hydrogens is 350 g/mol. The Morgan fingerprint density at radius 2 is 1.65 bits per heavy atom. The molecule has 3 rings (SSSR count). The van der Waals surface area contributed by atoms with Crippen molar-refractivity contribution >= 4 is 40.8 Å². The Morgan fingerprint density at radius 1 is 1.00 bits per heavy atom. The summed E-state index contributed by atoms with van der Waals surface area (Å²) in [5, 5.41) is 15.6. The zero-order valence-corrected chi connectivity index (χ0v) is 15.0. The zero-order chi connectivity index (χ0) is 18.7. The van der Waals surface area contributed by atoms with E-state index >= 15 is 0 Å². The molecule has 0 aliphatic heterocycles. The molecule has 7 nitrogen and oxygen atoms in total. The Kier molecular flexibility index (Phi) is 4.87. The highest BCUT2D eigenvalue weighted by molar-refractivity contribution is 6.34. The van der Waals surface area contributed by atoms with Gasteiger partial charge >= 0.3 is 0 Å². The van der Waals surface area contributed by atoms with Crippen molar-refractivity contribution in [1.29, 1.82) is 5.26 Å². The molecule has 130 valence electrons. The number of anilines is 5. The van der Waals surface area contributed by atoms with Gasteiger partial charge in [-0.3, -0.25) is 0 Å². The number of nitrogen functional groups attached to an aromatic ring is 1. The van der Waals surface area contributed by atoms with Gasteiger partial charge in [0.2, 0.25) is 17.8 Å². The van der Waals surface area contributed by atoms with Crippen molar-refractivity contribution in [1.82, 2.24) is 15.0 Å². The highest BCUT2D eigenvalue weighted by Gasteiger charge is 2.09. The second-order valence-corrected chi connectivity index (χ2v) is 6.10. The Morgan fingerprint density at radius 3 is 2.31 bits per heavy atom. The molecule has 1 heterocycles. The quantitative estimate of drug-likeness (QED) is 0.638. The van der Waals surface area contributed by atoms with Crippen LogP contribution in [0.25, 0.3) is 0 Å². The van der Waals surface area contributed by atoms with Gasteiger partial charge in [-0.15, -0.1) is 0 Å². The molecule has 0 fully saturated rings. The molecule has 3 aromatic rings. The summed E-state index contributed by atoms with van der Waals surface area (Å²) in [6, 6.07) is 12.9. The van der Waals surface area contributed by atoms with Gasteiger partial charge in [0.15, 0.2) is 0 Å². The maximum Gasteiger partial charge on any atom is 0.233 e. The predicted octanol–water partition coefficient (Wildman–Crippen LogP) is 4.08. The molecule has 0 amide bonds. The minimum atomic E-state index is 0.0687. The number of nitrogens with one attached hydrogen (secondary N) is 2. The van der Waals surface area contributed by atoms with E-state index < -0.39 is 0 Å². The van der Waals surface area contributed by atoms with Crippen LogP contribution in [0, 0.1) is 25.2 Å². The van der Waals surface area contributed by atoms with Crippen LogP contribution in [0.2, 0.25) is 5.02 Å². The molecule has 4 N–H and O–H groups in total. The van der Waals surface area contributed by atoms with Gasteiger partial charge in [-0.05, 0) is 55.3 Å². The van der Waals surface area contributed by atoms with Crippen molar-refractivity contribution in [3.8, 4) is 6.07 Å². The summed E-state index contributed by atoms with van der Waals surface area (Å²) in [6.45, 7) is 3.91. The first kappa shape index (κ1) is 17.5. The van der Waals surface area contributed by atoms with Crippen LogP contribution in [0.5, 0.6) is 0 Å². The van der Waals surface area contributed by atoms with Crippen molar-refractivity contribution in [3.63, 3.8) is 0 Å². The number of aromatic nitrogens is 3. The van der Waals surface area contributed by atoms with E-state index in [-0.39, 0.29) is 17.8 Å². The molecule has 26 heavy (non-hydrogen) atoms. The van der Waals surface area contributed by atoms with Gasteiger partial charge in [-0.2, -0.15) is 20.2 Å². The fourth-order valence-electron chi connectivity index (χ4n) is 2.42. The fourth-order valence-corrected chi connectivity index (χ4v) is 2.58. The molecule has 0 saturated carbocycles. The fraction of sp³-hybridized carbons (Fsp3) is 0.111. The summed E-state index contributed by atoms with van der Waals surface area (Å²) in [4.78, 5) is 12.5. The third kappa shape index (κ3) is 3.99. The van der Waals surface area contributed by atoms with Crippen LogP contribution in [0.3, 0.4) is 0 Å². The van der Waals surface area contributed by atoms with Gasteiger partial charge in [0.1, 0.15) is 0 Å². The molecule has 1 aromatic heterocycles. The van der Waals surface area contributed by atoms with Crippen molar-refractivity contribution in [3.05, 3.63) is 58.1 Å². The van der Waals surface area contributed by atoms with Crippen molar-refractivity contribution in [2.45, 2.75) is 13.8 Å². The van der Waals surface area contributed by atoms with Crippen molar-refractivity contribution < 1.29 is 0 Å². The summed E-state index contributed by atoms with van der Waals surface area (Å²) in [7, 11) is 0. The molecule has 0 aliphatic carbocycles. The second kappa shape index (κ2) is 7.25. The van der Waals surface area contributed by atoms with E-state index in [9.17, 15) is 0 Å². The third-order valence-electron chi connectivity index (χ3n) is 3.57. The average Bonchev–Trinajstić information content (AvgIpc) is 2.59. The van der Waals surface area contributed by atoms with Gasteiger partial charge in [0, 0.05) is 5.69 Å². The first-order chi connectivity index (χ1) is 12.4. The standard InChI is InChI=1S/C18H16ClN7/c1-10-7-11(2)15(19)14(8-10)23-18-25-16(21)24-17(26-18)22-13-5-3-12(9-20)4-6-13/h3-8H,1-2H3,(H4,21,22,23,24,25,26). The molecule has 0 radical (unpaired) electrons. The highest BCUT2D eigenvalue weighted by atomic mass is 35.5. The van der Waals surface area contributed by atoms with Crippen LogP contribution in [-0.4, -0.2) is 15.0 Å². The number of benzene rings is 2. The first-order valence-corrected chi connectivity index (χ1v) is 8.15. The average molecular weight is 366 g/mol. The minimum Gasteiger partial charge on any atom is -0.368 e. The topological polar surface area (TPSA) is 113 Å². The largest absolute Gasteiger partial charge is 0.368 e. The Balaban J connectivity index is 1.87. The number of nitrogens with two attached hydrogens (primary N) is 1. The molecule has 2 aromatic carbocycles. The van der Waals surface area contributed by atoms with Crippen LogP contribution in [-0.2, 0) is 0 Å². The highest BCUT2D eigenvalue weighted by Crippen LogP contribution is 2.29. The van der Waals surface area contributed by atoms with E-state index in [1.54, 1.807) is 24.3 Å². The second-order valence-electron chi connectivity index (χ2n) is 5.72. The van der Waals surface area contributed by atoms with E-state index in [4.69, 9.17) is 22.6 Å². The summed E-state index contributed by atoms with van der Waals surface area (Å²) >= 11 is 6.35. The van der Waals surface area contributed by atoms with Crippen LogP contribution < -0.4 is 16.4 Å². The van der Waals surface area contributed by atoms with E-state index in [1.165, 1.54) is 0 Å². The monoisotopic (exact) mass is 365 g/mol. The number of nitrogens with zero attached hydrogens (tertiary/aromatic N) is 4. The molecular formula is C18H16ClN7. The molecule has 0 atom stereocenters. The van der Waals surface area contributed by atoms with E-state index in [2.05, 4.69) is 31.7 Å². The summed E-state index contributed by atoms with van der Waals surface area (Å²) < 4.78 is 0. The number of nitriles is 1. The van der Waals surface area contributed by atoms with Crippen molar-refractivity contribution in [2.75, 3.05) is 16.4 Å². The van der Waals surface area contributed by atoms with Gasteiger partial charge in [-0.1, -0.05) is 17.7 Å². The lowest BCUT2D eigenvalue weighted by atomic mass is 10.1. The number of hydrogen-bond acceptors (Lipinski definition) is 7. The Hall–Kier alpha value is -3.37. The van der Waals surface area contributed by atoms with Gasteiger partial charge < -0.3 is 16.4 Å². The van der Waals surface area contributed by atoms with Crippen LogP contribution in [0.15, 0.2) is 36.4 Å². The SMILES string of the molecule is Cc1cc(C)c(Cl)c(Nc2nc(N)nc(Nc3ccc(C#N)cc3)n2)c1. The van der Waals surface area contributed by atoms with Crippen LogP contribution in [0.1, 0.15) is 16.7 Å². The van der Waals surface area contributed by atoms with Crippen molar-refractivity contribution in [2.24, 2.45) is 0 Å². The normalized spacial score (nSPS) is 10.2. The molecule has 0 aliphatic rings. The maximum absolute atomic E-state index is 8.85. The first-order valence-electron chi connectivity index (χ1n) is 7.77. The predicted molar refractivity (Wildman–Crippen MR) is 103 cm³/mol. The van der Waals surface area contributed by atoms with E-state index in [0.29, 0.717) is 16.3 Å². The molecule has 0 spiro atoms. The zero-order valence-electron chi connectivity index (χ0n) is 14.2. The number of aryl methyl sites for hydroxylation is 2. The Labute approximate surface area is 155 Å². The lowest BCUT2D eigenvalue weighted by Crippen LogP contribution is -2.07. The number of halogens is 1. The lowest BCUT2D eigenvalue weighted by molar-refractivity contribution is 1.07. The Bertz CT molecular complexity index is 994. The third-order valence-corrected chi connectivity index (χ3v) is 4.07. The van der Waals surface area contributed by atoms with Crippen LogP contribution >= 0.6 is 11.6 Å². The van der Waals surface area contributed by atoms with Gasteiger partial charge in [0.05, 0.1) is 22.3 Å². The maximum atomic E-state index is 8.85. The summed E-state index contributed by atoms with van der Waals surface area (Å²) in [6.07, 6.45) is 0.